The van der Waals surface area contributed by atoms with Gasteiger partial charge in [0, 0.05) is 5.75 Å². The van der Waals surface area contributed by atoms with Crippen LogP contribution < -0.4 is 4.72 Å². The molecule has 0 unspecified atom stereocenters. The summed E-state index contributed by atoms with van der Waals surface area (Å²) in [6, 6.07) is 4.60. The number of carbonyl (C=O) groups excluding carboxylic acids is 1. The molecule has 88 valence electrons. The Kier molecular flexibility index (Phi) is 5.11. The van der Waals surface area contributed by atoms with Crippen molar-refractivity contribution in [1.82, 2.24) is 0 Å². The van der Waals surface area contributed by atoms with Gasteiger partial charge < -0.3 is 9.46 Å². The van der Waals surface area contributed by atoms with Crippen LogP contribution in [-0.4, -0.2) is 18.8 Å². The molecule has 5 heteroatoms. The molecule has 0 aliphatic carbocycles. The number of esters is 1. The summed E-state index contributed by atoms with van der Waals surface area (Å²) in [6.07, 6.45) is 0.996. The average molecular weight is 243 g/mol. The molecule has 1 N–H and O–H groups in total. The maximum Gasteiger partial charge on any atom is 0.340 e. The number of anilines is 1. The molecule has 3 nitrogen and oxygen atoms in total. The van der Waals surface area contributed by atoms with Crippen LogP contribution in [0, 0.1) is 5.82 Å². The third kappa shape index (κ3) is 3.13. The molecule has 0 atom stereocenters. The Balaban J connectivity index is 2.82. The van der Waals surface area contributed by atoms with Crippen LogP contribution in [0.5, 0.6) is 0 Å². The molecule has 0 aliphatic rings. The van der Waals surface area contributed by atoms with Gasteiger partial charge in [0.15, 0.2) is 5.82 Å². The van der Waals surface area contributed by atoms with E-state index in [0.29, 0.717) is 5.69 Å². The highest BCUT2D eigenvalue weighted by Gasteiger charge is 2.14. The molecule has 0 fully saturated rings. The van der Waals surface area contributed by atoms with Crippen molar-refractivity contribution in [3.63, 3.8) is 0 Å². The largest absolute Gasteiger partial charge is 0.465 e. The van der Waals surface area contributed by atoms with Gasteiger partial charge in [0.2, 0.25) is 0 Å². The zero-order chi connectivity index (χ0) is 12.0. The van der Waals surface area contributed by atoms with Gasteiger partial charge >= 0.3 is 5.97 Å². The second-order valence-electron chi connectivity index (χ2n) is 3.11. The minimum absolute atomic E-state index is 0.0513. The van der Waals surface area contributed by atoms with Crippen LogP contribution in [-0.2, 0) is 4.74 Å². The molecular formula is C11H14FNO2S. The number of nitrogens with one attached hydrogen (secondary N) is 1. The summed E-state index contributed by atoms with van der Waals surface area (Å²) in [5.41, 5.74) is 0.256. The fraction of sp³-hybridized carbons (Fsp3) is 0.364. The molecule has 1 aromatic rings. The van der Waals surface area contributed by atoms with Crippen LogP contribution in [0.3, 0.4) is 0 Å². The van der Waals surface area contributed by atoms with E-state index in [0.717, 1.165) is 12.2 Å². The van der Waals surface area contributed by atoms with Crippen LogP contribution in [0.15, 0.2) is 18.2 Å². The van der Waals surface area contributed by atoms with E-state index >= 15 is 0 Å². The lowest BCUT2D eigenvalue weighted by Crippen LogP contribution is -2.06. The van der Waals surface area contributed by atoms with E-state index in [-0.39, 0.29) is 5.56 Å². The Morgan fingerprint density at radius 1 is 1.56 bits per heavy atom. The number of halogens is 1. The summed E-state index contributed by atoms with van der Waals surface area (Å²) < 4.78 is 21.1. The zero-order valence-electron chi connectivity index (χ0n) is 9.25. The smallest absolute Gasteiger partial charge is 0.340 e. The number of hydrogen-bond donors (Lipinski definition) is 1. The summed E-state index contributed by atoms with van der Waals surface area (Å²) in [5.74, 6) is -0.360. The lowest BCUT2D eigenvalue weighted by molar-refractivity contribution is 0.0595. The van der Waals surface area contributed by atoms with Gasteiger partial charge in [-0.05, 0) is 18.6 Å². The molecule has 0 bridgehead atoms. The second kappa shape index (κ2) is 6.37. The maximum atomic E-state index is 13.8. The molecule has 0 radical (unpaired) electrons. The number of benzene rings is 1. The predicted octanol–water partition coefficient (Wildman–Crippen LogP) is 3.08. The molecule has 1 rings (SSSR count). The highest BCUT2D eigenvalue weighted by atomic mass is 32.2. The molecule has 0 amide bonds. The van der Waals surface area contributed by atoms with Crippen molar-refractivity contribution in [1.29, 1.82) is 0 Å². The Morgan fingerprint density at radius 2 is 2.31 bits per heavy atom. The summed E-state index contributed by atoms with van der Waals surface area (Å²) in [5, 5.41) is 0. The number of hydrogen-bond acceptors (Lipinski definition) is 4. The van der Waals surface area contributed by atoms with Crippen molar-refractivity contribution in [3.05, 3.63) is 29.6 Å². The highest BCUT2D eigenvalue weighted by molar-refractivity contribution is 8.00. The van der Waals surface area contributed by atoms with E-state index < -0.39 is 11.8 Å². The average Bonchev–Trinajstić information content (AvgIpc) is 2.30. The zero-order valence-corrected chi connectivity index (χ0v) is 10.1. The van der Waals surface area contributed by atoms with Crippen LogP contribution >= 0.6 is 11.9 Å². The van der Waals surface area contributed by atoms with Gasteiger partial charge in [0.1, 0.15) is 0 Å². The van der Waals surface area contributed by atoms with Gasteiger partial charge in [-0.1, -0.05) is 24.9 Å². The molecule has 16 heavy (non-hydrogen) atoms. The van der Waals surface area contributed by atoms with E-state index in [9.17, 15) is 9.18 Å². The SMILES string of the molecule is CCCSNc1cccc(C(=O)OC)c1F. The first-order valence-corrected chi connectivity index (χ1v) is 5.94. The Morgan fingerprint density at radius 3 is 2.94 bits per heavy atom. The number of methoxy groups -OCH3 is 1. The first-order valence-electron chi connectivity index (χ1n) is 4.95. The van der Waals surface area contributed by atoms with Crippen molar-refractivity contribution in [3.8, 4) is 0 Å². The number of ether oxygens (including phenoxy) is 1. The Labute approximate surface area is 98.5 Å². The first-order chi connectivity index (χ1) is 7.70. The minimum atomic E-state index is -0.665. The van der Waals surface area contributed by atoms with Crippen LogP contribution in [0.4, 0.5) is 10.1 Å². The van der Waals surface area contributed by atoms with Crippen molar-refractivity contribution >= 4 is 23.6 Å². The second-order valence-corrected chi connectivity index (χ2v) is 4.01. The molecular weight excluding hydrogens is 229 g/mol. The van der Waals surface area contributed by atoms with Crippen molar-refractivity contribution < 1.29 is 13.9 Å². The topological polar surface area (TPSA) is 38.3 Å². The summed E-state index contributed by atoms with van der Waals surface area (Å²) in [4.78, 5) is 11.2. The lowest BCUT2D eigenvalue weighted by Gasteiger charge is -2.08. The van der Waals surface area contributed by atoms with E-state index in [1.807, 2.05) is 6.92 Å². The van der Waals surface area contributed by atoms with Gasteiger partial charge in [-0.15, -0.1) is 0 Å². The fourth-order valence-electron chi connectivity index (χ4n) is 1.11. The van der Waals surface area contributed by atoms with Crippen LogP contribution in [0.1, 0.15) is 23.7 Å². The third-order valence-electron chi connectivity index (χ3n) is 1.89. The molecule has 0 aliphatic heterocycles. The molecule has 0 aromatic heterocycles. The van der Waals surface area contributed by atoms with Gasteiger partial charge in [-0.25, -0.2) is 9.18 Å². The lowest BCUT2D eigenvalue weighted by atomic mass is 10.2. The van der Waals surface area contributed by atoms with Crippen LogP contribution in [0.25, 0.3) is 0 Å². The quantitative estimate of drug-likeness (QED) is 0.490. The van der Waals surface area contributed by atoms with Gasteiger partial charge in [-0.3, -0.25) is 0 Å². The monoisotopic (exact) mass is 243 g/mol. The fourth-order valence-corrected chi connectivity index (χ4v) is 1.73. The summed E-state index contributed by atoms with van der Waals surface area (Å²) in [6.45, 7) is 2.04. The van der Waals surface area contributed by atoms with E-state index in [1.54, 1.807) is 12.1 Å². The molecule has 1 aromatic carbocycles. The van der Waals surface area contributed by atoms with Crippen molar-refractivity contribution in [2.75, 3.05) is 17.6 Å². The predicted molar refractivity (Wildman–Crippen MR) is 64.1 cm³/mol. The summed E-state index contributed by atoms with van der Waals surface area (Å²) in [7, 11) is 1.23. The first kappa shape index (κ1) is 12.8. The highest BCUT2D eigenvalue weighted by Crippen LogP contribution is 2.21. The van der Waals surface area contributed by atoms with Crippen LogP contribution in [0.2, 0.25) is 0 Å². The molecule has 0 spiro atoms. The maximum absolute atomic E-state index is 13.8. The minimum Gasteiger partial charge on any atom is -0.465 e. The Hall–Kier alpha value is -1.23. The van der Waals surface area contributed by atoms with Gasteiger partial charge in [0.05, 0.1) is 18.4 Å². The molecule has 0 saturated heterocycles. The van der Waals surface area contributed by atoms with Crippen molar-refractivity contribution in [2.45, 2.75) is 13.3 Å². The number of rotatable bonds is 5. The van der Waals surface area contributed by atoms with E-state index in [2.05, 4.69) is 9.46 Å². The van der Waals surface area contributed by atoms with E-state index in [4.69, 9.17) is 0 Å². The van der Waals surface area contributed by atoms with Gasteiger partial charge in [-0.2, -0.15) is 0 Å². The van der Waals surface area contributed by atoms with E-state index in [1.165, 1.54) is 25.1 Å². The third-order valence-corrected chi connectivity index (χ3v) is 2.87. The summed E-state index contributed by atoms with van der Waals surface area (Å²) >= 11 is 1.41. The normalized spacial score (nSPS) is 9.94. The standard InChI is InChI=1S/C11H14FNO2S/c1-3-7-16-13-9-6-4-5-8(10(9)12)11(14)15-2/h4-6,13H,3,7H2,1-2H3. The Bertz CT molecular complexity index is 371. The van der Waals surface area contributed by atoms with Gasteiger partial charge in [0.25, 0.3) is 0 Å². The number of carbonyl (C=O) groups is 1. The molecule has 0 saturated carbocycles. The van der Waals surface area contributed by atoms with Crippen molar-refractivity contribution in [2.24, 2.45) is 0 Å². The molecule has 0 heterocycles.